The zero-order chi connectivity index (χ0) is 15.5. The van der Waals surface area contributed by atoms with Crippen molar-refractivity contribution in [2.45, 2.75) is 13.3 Å². The van der Waals surface area contributed by atoms with Gasteiger partial charge in [-0.2, -0.15) is 0 Å². The Labute approximate surface area is 130 Å². The number of nitrogens with zero attached hydrogens (tertiary/aromatic N) is 2. The monoisotopic (exact) mass is 293 g/mol. The van der Waals surface area contributed by atoms with Crippen molar-refractivity contribution in [3.63, 3.8) is 0 Å². The molecule has 1 aliphatic heterocycles. The zero-order valence-electron chi connectivity index (χ0n) is 12.6. The molecule has 2 N–H and O–H groups in total. The lowest BCUT2D eigenvalue weighted by atomic mass is 10.2. The Morgan fingerprint density at radius 1 is 0.955 bits per heavy atom. The van der Waals surface area contributed by atoms with E-state index in [1.54, 1.807) is 11.1 Å². The molecule has 112 valence electrons. The number of anilines is 3. The first-order valence-electron chi connectivity index (χ1n) is 7.45. The van der Waals surface area contributed by atoms with Crippen LogP contribution in [-0.2, 0) is 4.79 Å². The van der Waals surface area contributed by atoms with Crippen LogP contribution in [-0.4, -0.2) is 12.5 Å². The Bertz CT molecular complexity index is 709. The minimum Gasteiger partial charge on any atom is -0.393 e. The number of hydrogen-bond acceptors (Lipinski definition) is 3. The molecule has 0 aromatic heterocycles. The third kappa shape index (κ3) is 2.44. The average molecular weight is 293 g/mol. The summed E-state index contributed by atoms with van der Waals surface area (Å²) in [5, 5.41) is 0. The molecule has 1 aliphatic rings. The number of carbonyl (C=O) groups excluding carboxylic acids is 1. The van der Waals surface area contributed by atoms with Crippen LogP contribution in [0.15, 0.2) is 66.5 Å². The number of para-hydroxylation sites is 3. The van der Waals surface area contributed by atoms with E-state index in [1.807, 2.05) is 59.5 Å². The van der Waals surface area contributed by atoms with Crippen molar-refractivity contribution in [2.75, 3.05) is 16.3 Å². The highest BCUT2D eigenvalue weighted by Gasteiger charge is 2.26. The highest BCUT2D eigenvalue weighted by molar-refractivity contribution is 6.09. The van der Waals surface area contributed by atoms with Gasteiger partial charge in [-0.15, -0.1) is 0 Å². The second-order valence-corrected chi connectivity index (χ2v) is 5.24. The molecule has 0 aliphatic carbocycles. The van der Waals surface area contributed by atoms with E-state index in [9.17, 15) is 4.79 Å². The van der Waals surface area contributed by atoms with E-state index in [2.05, 4.69) is 6.92 Å². The van der Waals surface area contributed by atoms with Crippen LogP contribution in [0.2, 0.25) is 0 Å². The number of hydrogen-bond donors (Lipinski definition) is 1. The number of carbonyl (C=O) groups is 1. The van der Waals surface area contributed by atoms with E-state index < -0.39 is 0 Å². The van der Waals surface area contributed by atoms with Gasteiger partial charge in [0.2, 0.25) is 0 Å². The molecule has 4 heteroatoms. The number of amides is 1. The third-order valence-corrected chi connectivity index (χ3v) is 3.67. The Morgan fingerprint density at radius 2 is 1.59 bits per heavy atom. The van der Waals surface area contributed by atoms with E-state index in [1.165, 1.54) is 0 Å². The first kappa shape index (κ1) is 14.2. The Hall–Kier alpha value is -2.75. The molecule has 2 aromatic rings. The van der Waals surface area contributed by atoms with Gasteiger partial charge in [-0.3, -0.25) is 4.79 Å². The normalized spacial score (nSPS) is 14.4. The molecular formula is C18H19N3O. The summed E-state index contributed by atoms with van der Waals surface area (Å²) in [6.07, 6.45) is 2.59. The van der Waals surface area contributed by atoms with E-state index in [4.69, 9.17) is 5.73 Å². The summed E-state index contributed by atoms with van der Waals surface area (Å²) in [4.78, 5) is 16.3. The van der Waals surface area contributed by atoms with Gasteiger partial charge in [0.15, 0.2) is 0 Å². The first-order chi connectivity index (χ1) is 10.7. The minimum atomic E-state index is -0.146. The predicted molar refractivity (Wildman–Crippen MR) is 89.9 cm³/mol. The molecule has 4 nitrogen and oxygen atoms in total. The lowest BCUT2D eigenvalue weighted by molar-refractivity contribution is -0.115. The molecule has 0 atom stereocenters. The lowest BCUT2D eigenvalue weighted by Gasteiger charge is -2.25. The highest BCUT2D eigenvalue weighted by Crippen LogP contribution is 2.37. The van der Waals surface area contributed by atoms with Gasteiger partial charge in [-0.1, -0.05) is 37.3 Å². The predicted octanol–water partition coefficient (Wildman–Crippen LogP) is 3.38. The van der Waals surface area contributed by atoms with Crippen LogP contribution in [0.1, 0.15) is 13.3 Å². The van der Waals surface area contributed by atoms with E-state index in [0.717, 1.165) is 23.5 Å². The summed E-state index contributed by atoms with van der Waals surface area (Å²) < 4.78 is 0. The highest BCUT2D eigenvalue weighted by atomic mass is 16.2. The maximum Gasteiger partial charge on any atom is 0.275 e. The van der Waals surface area contributed by atoms with Gasteiger partial charge >= 0.3 is 0 Å². The van der Waals surface area contributed by atoms with Gasteiger partial charge in [-0.25, -0.2) is 0 Å². The molecule has 2 aromatic carbocycles. The topological polar surface area (TPSA) is 49.6 Å². The fourth-order valence-electron chi connectivity index (χ4n) is 2.67. The van der Waals surface area contributed by atoms with Crippen molar-refractivity contribution in [3.05, 3.63) is 66.5 Å². The van der Waals surface area contributed by atoms with Crippen molar-refractivity contribution in [1.29, 1.82) is 0 Å². The molecule has 1 heterocycles. The van der Waals surface area contributed by atoms with Crippen LogP contribution < -0.4 is 15.5 Å². The summed E-state index contributed by atoms with van der Waals surface area (Å²) in [6, 6.07) is 17.8. The molecule has 0 saturated carbocycles. The van der Waals surface area contributed by atoms with Crippen LogP contribution in [0.5, 0.6) is 0 Å². The lowest BCUT2D eigenvalue weighted by Crippen LogP contribution is -2.34. The number of rotatable bonds is 3. The van der Waals surface area contributed by atoms with Crippen molar-refractivity contribution < 1.29 is 4.79 Å². The third-order valence-electron chi connectivity index (χ3n) is 3.67. The van der Waals surface area contributed by atoms with Crippen molar-refractivity contribution in [3.8, 4) is 0 Å². The molecular weight excluding hydrogens is 274 g/mol. The molecule has 22 heavy (non-hydrogen) atoms. The molecule has 0 radical (unpaired) electrons. The Balaban J connectivity index is 2.19. The second-order valence-electron chi connectivity index (χ2n) is 5.24. The fraction of sp³-hybridized carbons (Fsp3) is 0.167. The van der Waals surface area contributed by atoms with Crippen LogP contribution in [0.25, 0.3) is 0 Å². The van der Waals surface area contributed by atoms with E-state index >= 15 is 0 Å². The molecule has 1 amide bonds. The van der Waals surface area contributed by atoms with Gasteiger partial charge in [0.25, 0.3) is 5.91 Å². The Kier molecular flexibility index (Phi) is 3.83. The van der Waals surface area contributed by atoms with Gasteiger partial charge in [0.1, 0.15) is 5.70 Å². The average Bonchev–Trinajstić information content (AvgIpc) is 2.67. The minimum absolute atomic E-state index is 0.146. The maximum absolute atomic E-state index is 12.6. The molecule has 0 unspecified atom stereocenters. The van der Waals surface area contributed by atoms with Crippen LogP contribution in [0.3, 0.4) is 0 Å². The number of fused-ring (bicyclic) bond motifs is 1. The summed E-state index contributed by atoms with van der Waals surface area (Å²) >= 11 is 0. The number of nitrogens with two attached hydrogens (primary N) is 1. The molecule has 0 bridgehead atoms. The van der Waals surface area contributed by atoms with Crippen LogP contribution in [0.4, 0.5) is 17.1 Å². The van der Waals surface area contributed by atoms with Crippen molar-refractivity contribution in [2.24, 2.45) is 5.73 Å². The van der Waals surface area contributed by atoms with E-state index in [-0.39, 0.29) is 11.6 Å². The van der Waals surface area contributed by atoms with Gasteiger partial charge in [0, 0.05) is 18.4 Å². The SMILES string of the molecule is CCCN1C(=O)C(N)=CN(c2ccccc2)c2ccccc21. The second kappa shape index (κ2) is 5.93. The zero-order valence-corrected chi connectivity index (χ0v) is 12.6. The fourth-order valence-corrected chi connectivity index (χ4v) is 2.67. The standard InChI is InChI=1S/C18H19N3O/c1-2-12-20-16-10-6-7-11-17(16)21(13-15(19)18(20)22)14-8-4-3-5-9-14/h3-11,13H,2,12,19H2,1H3. The first-order valence-corrected chi connectivity index (χ1v) is 7.45. The van der Waals surface area contributed by atoms with Crippen LogP contribution in [0, 0.1) is 0 Å². The number of benzene rings is 2. The quantitative estimate of drug-likeness (QED) is 0.943. The Morgan fingerprint density at radius 3 is 2.27 bits per heavy atom. The smallest absolute Gasteiger partial charge is 0.275 e. The summed E-state index contributed by atoms with van der Waals surface area (Å²) in [6.45, 7) is 2.70. The maximum atomic E-state index is 12.6. The van der Waals surface area contributed by atoms with Crippen molar-refractivity contribution in [1.82, 2.24) is 0 Å². The molecule has 3 rings (SSSR count). The van der Waals surface area contributed by atoms with Gasteiger partial charge < -0.3 is 15.5 Å². The summed E-state index contributed by atoms with van der Waals surface area (Å²) in [7, 11) is 0. The summed E-state index contributed by atoms with van der Waals surface area (Å²) in [5.41, 5.74) is 9.09. The largest absolute Gasteiger partial charge is 0.393 e. The van der Waals surface area contributed by atoms with Gasteiger partial charge in [0.05, 0.1) is 11.4 Å². The van der Waals surface area contributed by atoms with Crippen molar-refractivity contribution >= 4 is 23.0 Å². The molecule has 0 spiro atoms. The van der Waals surface area contributed by atoms with Gasteiger partial charge in [-0.05, 0) is 30.7 Å². The van der Waals surface area contributed by atoms with E-state index in [0.29, 0.717) is 6.54 Å². The molecule has 0 fully saturated rings. The van der Waals surface area contributed by atoms with Crippen LogP contribution >= 0.6 is 0 Å². The summed E-state index contributed by atoms with van der Waals surface area (Å²) in [5.74, 6) is -0.146. The molecule has 0 saturated heterocycles.